The van der Waals surface area contributed by atoms with Crippen LogP contribution in [0.2, 0.25) is 0 Å². The highest BCUT2D eigenvalue weighted by atomic mass is 19.1. The summed E-state index contributed by atoms with van der Waals surface area (Å²) in [5, 5.41) is 11.7. The van der Waals surface area contributed by atoms with Crippen LogP contribution in [-0.2, 0) is 4.79 Å². The molecule has 1 saturated carbocycles. The van der Waals surface area contributed by atoms with Crippen LogP contribution in [-0.4, -0.2) is 37.2 Å². The van der Waals surface area contributed by atoms with Gasteiger partial charge < -0.3 is 19.9 Å². The average Bonchev–Trinajstić information content (AvgIpc) is 2.94. The zero-order valence-corrected chi connectivity index (χ0v) is 12.4. The number of hydrogen-bond acceptors (Lipinski definition) is 4. The third kappa shape index (κ3) is 3.13. The zero-order valence-electron chi connectivity index (χ0n) is 12.4. The monoisotopic (exact) mass is 311 g/mol. The molecule has 0 aliphatic heterocycles. The van der Waals surface area contributed by atoms with Crippen molar-refractivity contribution in [3.63, 3.8) is 0 Å². The largest absolute Gasteiger partial charge is 0.493 e. The van der Waals surface area contributed by atoms with Crippen molar-refractivity contribution in [2.24, 2.45) is 5.92 Å². The Morgan fingerprint density at radius 1 is 1.23 bits per heavy atom. The fourth-order valence-corrected chi connectivity index (χ4v) is 2.70. The summed E-state index contributed by atoms with van der Waals surface area (Å²) in [4.78, 5) is 23.3. The van der Waals surface area contributed by atoms with Gasteiger partial charge in [-0.15, -0.1) is 0 Å². The van der Waals surface area contributed by atoms with Gasteiger partial charge in [0.05, 0.1) is 25.7 Å². The Bertz CT molecular complexity index is 590. The van der Waals surface area contributed by atoms with Crippen molar-refractivity contribution in [3.8, 4) is 11.5 Å². The predicted octanol–water partition coefficient (Wildman–Crippen LogP) is 1.83. The third-order valence-electron chi connectivity index (χ3n) is 3.87. The van der Waals surface area contributed by atoms with E-state index >= 15 is 0 Å². The Morgan fingerprint density at radius 3 is 2.45 bits per heavy atom. The van der Waals surface area contributed by atoms with E-state index < -0.39 is 29.7 Å². The summed E-state index contributed by atoms with van der Waals surface area (Å²) >= 11 is 0. The molecule has 1 aliphatic rings. The lowest BCUT2D eigenvalue weighted by atomic mass is 10.0. The van der Waals surface area contributed by atoms with E-state index in [-0.39, 0.29) is 17.1 Å². The Hall–Kier alpha value is -2.31. The first kappa shape index (κ1) is 16.1. The van der Waals surface area contributed by atoms with Crippen LogP contribution in [0.15, 0.2) is 12.1 Å². The quantitative estimate of drug-likeness (QED) is 0.866. The summed E-state index contributed by atoms with van der Waals surface area (Å²) in [7, 11) is 2.75. The van der Waals surface area contributed by atoms with Gasteiger partial charge in [-0.25, -0.2) is 4.39 Å². The van der Waals surface area contributed by atoms with E-state index in [1.807, 2.05) is 0 Å². The lowest BCUT2D eigenvalue weighted by Crippen LogP contribution is -2.40. The Balaban J connectivity index is 2.21. The molecule has 0 bridgehead atoms. The number of rotatable bonds is 5. The SMILES string of the molecule is COc1cc(F)c(C(=O)N[C@@H]2CCC[C@@H]2C(=O)O)cc1OC. The first-order valence-electron chi connectivity index (χ1n) is 6.93. The molecule has 0 heterocycles. The van der Waals surface area contributed by atoms with Crippen molar-refractivity contribution in [2.75, 3.05) is 14.2 Å². The molecule has 0 radical (unpaired) electrons. The molecule has 2 atom stereocenters. The number of carbonyl (C=O) groups is 2. The molecule has 0 aromatic heterocycles. The van der Waals surface area contributed by atoms with Crippen LogP contribution in [0.5, 0.6) is 11.5 Å². The Kier molecular flexibility index (Phi) is 4.85. The van der Waals surface area contributed by atoms with Crippen LogP contribution in [0.3, 0.4) is 0 Å². The van der Waals surface area contributed by atoms with Gasteiger partial charge in [0, 0.05) is 12.1 Å². The summed E-state index contributed by atoms with van der Waals surface area (Å²) in [5.74, 6) is -2.57. The minimum absolute atomic E-state index is 0.181. The molecule has 1 aromatic carbocycles. The number of carbonyl (C=O) groups excluding carboxylic acids is 1. The van der Waals surface area contributed by atoms with Gasteiger partial charge in [-0.3, -0.25) is 9.59 Å². The van der Waals surface area contributed by atoms with E-state index in [1.165, 1.54) is 20.3 Å². The molecule has 1 amide bonds. The number of hydrogen-bond donors (Lipinski definition) is 2. The van der Waals surface area contributed by atoms with E-state index in [0.717, 1.165) is 12.5 Å². The molecule has 1 fully saturated rings. The van der Waals surface area contributed by atoms with E-state index in [0.29, 0.717) is 12.8 Å². The summed E-state index contributed by atoms with van der Waals surface area (Å²) in [6.45, 7) is 0. The molecule has 0 spiro atoms. The second kappa shape index (κ2) is 6.64. The zero-order chi connectivity index (χ0) is 16.3. The summed E-state index contributed by atoms with van der Waals surface area (Å²) in [6, 6.07) is 1.82. The van der Waals surface area contributed by atoms with Crippen molar-refractivity contribution in [3.05, 3.63) is 23.5 Å². The van der Waals surface area contributed by atoms with Gasteiger partial charge in [-0.1, -0.05) is 6.42 Å². The van der Waals surface area contributed by atoms with Crippen molar-refractivity contribution >= 4 is 11.9 Å². The topological polar surface area (TPSA) is 84.9 Å². The van der Waals surface area contributed by atoms with Crippen molar-refractivity contribution in [2.45, 2.75) is 25.3 Å². The fourth-order valence-electron chi connectivity index (χ4n) is 2.70. The molecule has 7 heteroatoms. The number of nitrogens with one attached hydrogen (secondary N) is 1. The lowest BCUT2D eigenvalue weighted by molar-refractivity contribution is -0.142. The predicted molar refractivity (Wildman–Crippen MR) is 75.7 cm³/mol. The van der Waals surface area contributed by atoms with Gasteiger partial charge in [0.25, 0.3) is 5.91 Å². The van der Waals surface area contributed by atoms with Crippen LogP contribution in [0.1, 0.15) is 29.6 Å². The maximum absolute atomic E-state index is 14.0. The minimum atomic E-state index is -0.949. The van der Waals surface area contributed by atoms with E-state index in [9.17, 15) is 14.0 Å². The molecule has 1 aromatic rings. The van der Waals surface area contributed by atoms with Crippen molar-refractivity contribution in [1.82, 2.24) is 5.32 Å². The summed E-state index contributed by atoms with van der Waals surface area (Å²) in [6.07, 6.45) is 1.79. The highest BCUT2D eigenvalue weighted by molar-refractivity contribution is 5.95. The number of carboxylic acids is 1. The van der Waals surface area contributed by atoms with Gasteiger partial charge in [0.2, 0.25) is 0 Å². The molecular weight excluding hydrogens is 293 g/mol. The smallest absolute Gasteiger partial charge is 0.308 e. The van der Waals surface area contributed by atoms with E-state index in [2.05, 4.69) is 5.32 Å². The Labute approximate surface area is 127 Å². The maximum atomic E-state index is 14.0. The molecule has 1 aliphatic carbocycles. The first-order valence-corrected chi connectivity index (χ1v) is 6.93. The van der Waals surface area contributed by atoms with Crippen molar-refractivity contribution in [1.29, 1.82) is 0 Å². The molecule has 2 rings (SSSR count). The van der Waals surface area contributed by atoms with Gasteiger partial charge in [-0.05, 0) is 18.9 Å². The molecule has 0 saturated heterocycles. The standard InChI is InChI=1S/C15H18FNO5/c1-21-12-6-9(10(16)7-13(12)22-2)14(18)17-11-5-3-4-8(11)15(19)20/h6-8,11H,3-5H2,1-2H3,(H,17,18)(H,19,20)/t8-,11+/m0/s1. The van der Waals surface area contributed by atoms with Crippen LogP contribution < -0.4 is 14.8 Å². The van der Waals surface area contributed by atoms with Crippen LogP contribution in [0, 0.1) is 11.7 Å². The number of carboxylic acid groups (broad SMARTS) is 1. The summed E-state index contributed by atoms with van der Waals surface area (Å²) in [5.41, 5.74) is -0.200. The number of amides is 1. The second-order valence-corrected chi connectivity index (χ2v) is 5.14. The average molecular weight is 311 g/mol. The Morgan fingerprint density at radius 2 is 1.86 bits per heavy atom. The lowest BCUT2D eigenvalue weighted by Gasteiger charge is -2.18. The minimum Gasteiger partial charge on any atom is -0.493 e. The third-order valence-corrected chi connectivity index (χ3v) is 3.87. The van der Waals surface area contributed by atoms with E-state index in [4.69, 9.17) is 14.6 Å². The highest BCUT2D eigenvalue weighted by Gasteiger charge is 2.34. The van der Waals surface area contributed by atoms with E-state index in [1.54, 1.807) is 0 Å². The van der Waals surface area contributed by atoms with Gasteiger partial charge >= 0.3 is 5.97 Å². The number of benzene rings is 1. The van der Waals surface area contributed by atoms with Crippen LogP contribution in [0.25, 0.3) is 0 Å². The molecule has 120 valence electrons. The van der Waals surface area contributed by atoms with Crippen molar-refractivity contribution < 1.29 is 28.6 Å². The van der Waals surface area contributed by atoms with Crippen LogP contribution >= 0.6 is 0 Å². The first-order chi connectivity index (χ1) is 10.5. The highest BCUT2D eigenvalue weighted by Crippen LogP contribution is 2.31. The normalized spacial score (nSPS) is 20.5. The van der Waals surface area contributed by atoms with Crippen LogP contribution in [0.4, 0.5) is 4.39 Å². The van der Waals surface area contributed by atoms with Gasteiger partial charge in [0.15, 0.2) is 11.5 Å². The molecule has 22 heavy (non-hydrogen) atoms. The summed E-state index contributed by atoms with van der Waals surface area (Å²) < 4.78 is 24.0. The molecule has 2 N–H and O–H groups in total. The maximum Gasteiger partial charge on any atom is 0.308 e. The number of ether oxygens (including phenoxy) is 2. The molecule has 0 unspecified atom stereocenters. The number of methoxy groups -OCH3 is 2. The molecular formula is C15H18FNO5. The van der Waals surface area contributed by atoms with Gasteiger partial charge in [-0.2, -0.15) is 0 Å². The molecule has 6 nitrogen and oxygen atoms in total. The fraction of sp³-hybridized carbons (Fsp3) is 0.467. The van der Waals surface area contributed by atoms with Gasteiger partial charge in [0.1, 0.15) is 5.82 Å². The number of aliphatic carboxylic acids is 1. The number of halogens is 1. The second-order valence-electron chi connectivity index (χ2n) is 5.14.